The highest BCUT2D eigenvalue weighted by Crippen LogP contribution is 2.08. The van der Waals surface area contributed by atoms with Crippen LogP contribution in [0.2, 0.25) is 0 Å². The van der Waals surface area contributed by atoms with E-state index in [4.69, 9.17) is 10.6 Å². The number of aromatic nitrogens is 1. The first-order chi connectivity index (χ1) is 9.79. The number of pyridine rings is 1. The average Bonchev–Trinajstić information content (AvgIpc) is 2.52. The first-order valence-electron chi connectivity index (χ1n) is 6.18. The van der Waals surface area contributed by atoms with Gasteiger partial charge in [-0.05, 0) is 24.3 Å². The maximum Gasteiger partial charge on any atom is 0.270 e. The standard InChI is InChI=1S/C14H16N4O2/c15-18-11-6-7-16-13(10-11)14(19)17-8-9-20-12-4-2-1-3-5-12/h1-7,10H,8-9,15H2,(H,16,18)(H,17,19). The number of hydrogen-bond donors (Lipinski definition) is 3. The van der Waals surface area contributed by atoms with Gasteiger partial charge in [0.15, 0.2) is 0 Å². The van der Waals surface area contributed by atoms with Gasteiger partial charge in [0.1, 0.15) is 18.1 Å². The van der Waals surface area contributed by atoms with Gasteiger partial charge in [-0.2, -0.15) is 0 Å². The second-order valence-corrected chi connectivity index (χ2v) is 3.99. The number of nitrogens with one attached hydrogen (secondary N) is 2. The summed E-state index contributed by atoms with van der Waals surface area (Å²) < 4.78 is 5.47. The van der Waals surface area contributed by atoms with Crippen LogP contribution in [-0.4, -0.2) is 24.0 Å². The number of carbonyl (C=O) groups is 1. The van der Waals surface area contributed by atoms with E-state index in [1.165, 1.54) is 6.20 Å². The van der Waals surface area contributed by atoms with E-state index < -0.39 is 0 Å². The molecule has 0 radical (unpaired) electrons. The minimum atomic E-state index is -0.265. The molecule has 6 nitrogen and oxygen atoms in total. The minimum absolute atomic E-state index is 0.265. The molecule has 2 rings (SSSR count). The van der Waals surface area contributed by atoms with Crippen LogP contribution in [0.15, 0.2) is 48.7 Å². The van der Waals surface area contributed by atoms with Gasteiger partial charge in [0.05, 0.1) is 12.2 Å². The number of carbonyl (C=O) groups excluding carboxylic acids is 1. The fourth-order valence-electron chi connectivity index (χ4n) is 1.59. The second-order valence-electron chi connectivity index (χ2n) is 3.99. The Morgan fingerprint density at radius 3 is 2.80 bits per heavy atom. The van der Waals surface area contributed by atoms with E-state index in [0.29, 0.717) is 24.5 Å². The van der Waals surface area contributed by atoms with Crippen molar-refractivity contribution in [2.75, 3.05) is 18.6 Å². The van der Waals surface area contributed by atoms with Crippen LogP contribution in [0.4, 0.5) is 5.69 Å². The van der Waals surface area contributed by atoms with Crippen molar-refractivity contribution in [3.8, 4) is 5.75 Å². The quantitative estimate of drug-likeness (QED) is 0.417. The molecule has 1 amide bonds. The van der Waals surface area contributed by atoms with Gasteiger partial charge in [-0.25, -0.2) is 0 Å². The van der Waals surface area contributed by atoms with Crippen LogP contribution in [0.5, 0.6) is 5.75 Å². The third-order valence-electron chi connectivity index (χ3n) is 2.56. The first-order valence-corrected chi connectivity index (χ1v) is 6.18. The Morgan fingerprint density at radius 1 is 1.25 bits per heavy atom. The zero-order chi connectivity index (χ0) is 14.2. The van der Waals surface area contributed by atoms with Crippen LogP contribution in [0.25, 0.3) is 0 Å². The van der Waals surface area contributed by atoms with Gasteiger partial charge in [-0.1, -0.05) is 18.2 Å². The number of para-hydroxylation sites is 1. The number of benzene rings is 1. The summed E-state index contributed by atoms with van der Waals surface area (Å²) in [6, 6.07) is 12.7. The number of rotatable bonds is 6. The molecule has 0 saturated heterocycles. The summed E-state index contributed by atoms with van der Waals surface area (Å²) in [7, 11) is 0. The molecule has 0 saturated carbocycles. The smallest absolute Gasteiger partial charge is 0.270 e. The predicted molar refractivity (Wildman–Crippen MR) is 76.3 cm³/mol. The number of ether oxygens (including phenoxy) is 1. The van der Waals surface area contributed by atoms with Gasteiger partial charge < -0.3 is 15.5 Å². The molecule has 0 unspecified atom stereocenters. The molecule has 0 atom stereocenters. The van der Waals surface area contributed by atoms with E-state index in [0.717, 1.165) is 5.75 Å². The van der Waals surface area contributed by atoms with E-state index in [-0.39, 0.29) is 5.91 Å². The lowest BCUT2D eigenvalue weighted by Crippen LogP contribution is -2.28. The van der Waals surface area contributed by atoms with Gasteiger partial charge in [0, 0.05) is 6.20 Å². The summed E-state index contributed by atoms with van der Waals surface area (Å²) in [4.78, 5) is 15.8. The third kappa shape index (κ3) is 3.96. The minimum Gasteiger partial charge on any atom is -0.492 e. The predicted octanol–water partition coefficient (Wildman–Crippen LogP) is 1.18. The maximum atomic E-state index is 11.8. The third-order valence-corrected chi connectivity index (χ3v) is 2.56. The molecule has 1 aromatic carbocycles. The van der Waals surface area contributed by atoms with Gasteiger partial charge in [-0.15, -0.1) is 0 Å². The lowest BCUT2D eigenvalue weighted by molar-refractivity contribution is 0.0942. The molecular weight excluding hydrogens is 256 g/mol. The monoisotopic (exact) mass is 272 g/mol. The largest absolute Gasteiger partial charge is 0.492 e. The van der Waals surface area contributed by atoms with Crippen LogP contribution in [0.1, 0.15) is 10.5 Å². The average molecular weight is 272 g/mol. The zero-order valence-corrected chi connectivity index (χ0v) is 10.9. The Bertz CT molecular complexity index is 560. The molecule has 104 valence electrons. The Balaban J connectivity index is 1.77. The summed E-state index contributed by atoms with van der Waals surface area (Å²) in [5.74, 6) is 5.78. The van der Waals surface area contributed by atoms with Gasteiger partial charge >= 0.3 is 0 Å². The summed E-state index contributed by atoms with van der Waals surface area (Å²) in [6.07, 6.45) is 1.52. The van der Waals surface area contributed by atoms with E-state index >= 15 is 0 Å². The fourth-order valence-corrected chi connectivity index (χ4v) is 1.59. The Kier molecular flexibility index (Phi) is 4.91. The van der Waals surface area contributed by atoms with Crippen LogP contribution in [0.3, 0.4) is 0 Å². The topological polar surface area (TPSA) is 89.3 Å². The summed E-state index contributed by atoms with van der Waals surface area (Å²) >= 11 is 0. The Labute approximate surface area is 116 Å². The number of anilines is 1. The van der Waals surface area contributed by atoms with Crippen molar-refractivity contribution in [2.24, 2.45) is 5.84 Å². The highest BCUT2D eigenvalue weighted by Gasteiger charge is 2.06. The van der Waals surface area contributed by atoms with E-state index in [2.05, 4.69) is 15.7 Å². The number of amides is 1. The summed E-state index contributed by atoms with van der Waals surface area (Å²) in [5.41, 5.74) is 3.40. The first kappa shape index (κ1) is 13.8. The van der Waals surface area contributed by atoms with Gasteiger partial charge in [-0.3, -0.25) is 15.6 Å². The van der Waals surface area contributed by atoms with Crippen molar-refractivity contribution in [2.45, 2.75) is 0 Å². The van der Waals surface area contributed by atoms with Gasteiger partial charge in [0.25, 0.3) is 5.91 Å². The van der Waals surface area contributed by atoms with Crippen LogP contribution in [-0.2, 0) is 0 Å². The number of nitrogens with two attached hydrogens (primary N) is 1. The number of hydrazine groups is 1. The Hall–Kier alpha value is -2.60. The van der Waals surface area contributed by atoms with E-state index in [1.54, 1.807) is 12.1 Å². The summed E-state index contributed by atoms with van der Waals surface area (Å²) in [5, 5.41) is 2.73. The van der Waals surface area contributed by atoms with Gasteiger partial charge in [0.2, 0.25) is 0 Å². The molecule has 0 aliphatic heterocycles. The van der Waals surface area contributed by atoms with E-state index in [9.17, 15) is 4.79 Å². The normalized spacial score (nSPS) is 9.85. The van der Waals surface area contributed by atoms with Crippen molar-refractivity contribution < 1.29 is 9.53 Å². The molecule has 0 fully saturated rings. The highest BCUT2D eigenvalue weighted by molar-refractivity contribution is 5.93. The van der Waals surface area contributed by atoms with Crippen molar-refractivity contribution >= 4 is 11.6 Å². The SMILES string of the molecule is NNc1ccnc(C(=O)NCCOc2ccccc2)c1. The highest BCUT2D eigenvalue weighted by atomic mass is 16.5. The second kappa shape index (κ2) is 7.10. The van der Waals surface area contributed by atoms with Crippen molar-refractivity contribution in [3.63, 3.8) is 0 Å². The number of nitrogen functional groups attached to an aromatic ring is 1. The lowest BCUT2D eigenvalue weighted by Gasteiger charge is -2.08. The molecular formula is C14H16N4O2. The molecule has 4 N–H and O–H groups in total. The molecule has 1 aromatic heterocycles. The molecule has 20 heavy (non-hydrogen) atoms. The molecule has 1 heterocycles. The molecule has 0 spiro atoms. The molecule has 0 aliphatic rings. The number of nitrogens with zero attached hydrogens (tertiary/aromatic N) is 1. The van der Waals surface area contributed by atoms with Crippen molar-refractivity contribution in [1.29, 1.82) is 0 Å². The molecule has 0 aliphatic carbocycles. The number of hydrogen-bond acceptors (Lipinski definition) is 5. The lowest BCUT2D eigenvalue weighted by atomic mass is 10.3. The van der Waals surface area contributed by atoms with E-state index in [1.807, 2.05) is 30.3 Å². The van der Waals surface area contributed by atoms with Crippen LogP contribution < -0.4 is 21.3 Å². The van der Waals surface area contributed by atoms with Crippen LogP contribution >= 0.6 is 0 Å². The molecule has 2 aromatic rings. The zero-order valence-electron chi connectivity index (χ0n) is 10.9. The van der Waals surface area contributed by atoms with Crippen molar-refractivity contribution in [3.05, 3.63) is 54.4 Å². The fraction of sp³-hybridized carbons (Fsp3) is 0.143. The van der Waals surface area contributed by atoms with Crippen molar-refractivity contribution in [1.82, 2.24) is 10.3 Å². The Morgan fingerprint density at radius 2 is 2.05 bits per heavy atom. The molecule has 6 heteroatoms. The maximum absolute atomic E-state index is 11.8. The molecule has 0 bridgehead atoms. The van der Waals surface area contributed by atoms with Crippen LogP contribution in [0, 0.1) is 0 Å². The summed E-state index contributed by atoms with van der Waals surface area (Å²) in [6.45, 7) is 0.792.